The summed E-state index contributed by atoms with van der Waals surface area (Å²) in [7, 11) is 0. The Morgan fingerprint density at radius 2 is 1.88 bits per heavy atom. The lowest BCUT2D eigenvalue weighted by atomic mass is 9.86. The summed E-state index contributed by atoms with van der Waals surface area (Å²) in [4.78, 5) is 23.8. The molecular formula is C20H20ClNO4. The van der Waals surface area contributed by atoms with E-state index >= 15 is 0 Å². The van der Waals surface area contributed by atoms with E-state index < -0.39 is 5.91 Å². The van der Waals surface area contributed by atoms with Crippen molar-refractivity contribution in [1.82, 2.24) is 0 Å². The van der Waals surface area contributed by atoms with Crippen LogP contribution in [-0.2, 0) is 14.3 Å². The molecule has 2 aromatic carbocycles. The van der Waals surface area contributed by atoms with Crippen molar-refractivity contribution in [2.75, 3.05) is 11.9 Å². The topological polar surface area (TPSA) is 64.6 Å². The minimum atomic E-state index is -0.436. The minimum absolute atomic E-state index is 0.0607. The van der Waals surface area contributed by atoms with Gasteiger partial charge < -0.3 is 14.8 Å². The van der Waals surface area contributed by atoms with E-state index in [9.17, 15) is 9.59 Å². The van der Waals surface area contributed by atoms with Crippen LogP contribution >= 0.6 is 11.6 Å². The van der Waals surface area contributed by atoms with Gasteiger partial charge in [0, 0.05) is 5.02 Å². The van der Waals surface area contributed by atoms with Crippen LogP contribution in [0.3, 0.4) is 0 Å². The molecule has 0 radical (unpaired) electrons. The number of hydrogen-bond acceptors (Lipinski definition) is 4. The van der Waals surface area contributed by atoms with Gasteiger partial charge in [-0.3, -0.25) is 9.59 Å². The molecule has 6 heteroatoms. The van der Waals surface area contributed by atoms with Crippen LogP contribution in [0, 0.1) is 12.8 Å². The molecule has 0 saturated heterocycles. The van der Waals surface area contributed by atoms with Gasteiger partial charge >= 0.3 is 5.97 Å². The van der Waals surface area contributed by atoms with E-state index in [1.165, 1.54) is 0 Å². The lowest BCUT2D eigenvalue weighted by molar-refractivity contribution is -0.154. The standard InChI is InChI=1S/C20H20ClNO4/c1-13-5-8-16(9-6-13)26-18-10-7-15(21)11-17(18)22-19(23)12-25-20(24)14-3-2-4-14/h5-11,14H,2-4,12H2,1H3,(H,22,23). The zero-order valence-electron chi connectivity index (χ0n) is 14.5. The highest BCUT2D eigenvalue weighted by Crippen LogP contribution is 2.32. The summed E-state index contributed by atoms with van der Waals surface area (Å²) in [5, 5.41) is 3.15. The Balaban J connectivity index is 1.64. The first-order valence-electron chi connectivity index (χ1n) is 8.52. The van der Waals surface area contributed by atoms with Crippen LogP contribution in [0.5, 0.6) is 11.5 Å². The van der Waals surface area contributed by atoms with Gasteiger partial charge in [-0.2, -0.15) is 0 Å². The molecule has 2 aromatic rings. The number of benzene rings is 2. The molecule has 0 heterocycles. The van der Waals surface area contributed by atoms with Crippen molar-refractivity contribution < 1.29 is 19.1 Å². The third kappa shape index (κ3) is 4.76. The summed E-state index contributed by atoms with van der Waals surface area (Å²) in [5.74, 6) is 0.290. The van der Waals surface area contributed by atoms with Crippen LogP contribution in [0.2, 0.25) is 5.02 Å². The second-order valence-corrected chi connectivity index (χ2v) is 6.78. The van der Waals surface area contributed by atoms with E-state index in [-0.39, 0.29) is 18.5 Å². The maximum absolute atomic E-state index is 12.1. The van der Waals surface area contributed by atoms with Crippen molar-refractivity contribution >= 4 is 29.2 Å². The number of hydrogen-bond donors (Lipinski definition) is 1. The van der Waals surface area contributed by atoms with Gasteiger partial charge in [-0.1, -0.05) is 35.7 Å². The van der Waals surface area contributed by atoms with Crippen LogP contribution in [0.25, 0.3) is 0 Å². The van der Waals surface area contributed by atoms with Crippen LogP contribution in [0.4, 0.5) is 5.69 Å². The van der Waals surface area contributed by atoms with Gasteiger partial charge in [0.1, 0.15) is 5.75 Å². The molecule has 1 aliphatic carbocycles. The van der Waals surface area contributed by atoms with E-state index in [1.54, 1.807) is 18.2 Å². The fourth-order valence-electron chi connectivity index (χ4n) is 2.51. The molecule has 0 unspecified atom stereocenters. The summed E-state index contributed by atoms with van der Waals surface area (Å²) < 4.78 is 10.9. The third-order valence-corrected chi connectivity index (χ3v) is 4.48. The molecule has 1 aliphatic rings. The molecule has 0 spiro atoms. The molecule has 26 heavy (non-hydrogen) atoms. The Bertz CT molecular complexity index is 800. The van der Waals surface area contributed by atoms with E-state index in [0.717, 1.165) is 24.8 Å². The first-order chi connectivity index (χ1) is 12.5. The van der Waals surface area contributed by atoms with Crippen molar-refractivity contribution in [2.45, 2.75) is 26.2 Å². The summed E-state index contributed by atoms with van der Waals surface area (Å²) in [6, 6.07) is 12.5. The average molecular weight is 374 g/mol. The van der Waals surface area contributed by atoms with E-state index in [2.05, 4.69) is 5.32 Å². The van der Waals surface area contributed by atoms with Crippen molar-refractivity contribution in [2.24, 2.45) is 5.92 Å². The zero-order valence-corrected chi connectivity index (χ0v) is 15.2. The highest BCUT2D eigenvalue weighted by atomic mass is 35.5. The van der Waals surface area contributed by atoms with Crippen LogP contribution in [0.15, 0.2) is 42.5 Å². The van der Waals surface area contributed by atoms with Crippen LogP contribution < -0.4 is 10.1 Å². The molecule has 1 saturated carbocycles. The number of nitrogens with one attached hydrogen (secondary N) is 1. The lowest BCUT2D eigenvalue weighted by Gasteiger charge is -2.22. The highest BCUT2D eigenvalue weighted by molar-refractivity contribution is 6.31. The van der Waals surface area contributed by atoms with Gasteiger partial charge in [-0.05, 0) is 50.1 Å². The zero-order chi connectivity index (χ0) is 18.5. The van der Waals surface area contributed by atoms with Gasteiger partial charge in [0.25, 0.3) is 5.91 Å². The quantitative estimate of drug-likeness (QED) is 0.744. The van der Waals surface area contributed by atoms with Gasteiger partial charge in [-0.15, -0.1) is 0 Å². The lowest BCUT2D eigenvalue weighted by Crippen LogP contribution is -2.28. The first-order valence-corrected chi connectivity index (χ1v) is 8.89. The number of carbonyl (C=O) groups excluding carboxylic acids is 2. The number of amides is 1. The number of carbonyl (C=O) groups is 2. The fraction of sp³-hybridized carbons (Fsp3) is 0.300. The normalized spacial score (nSPS) is 13.6. The molecule has 1 N–H and O–H groups in total. The number of anilines is 1. The molecule has 0 bridgehead atoms. The predicted molar refractivity (Wildman–Crippen MR) is 99.6 cm³/mol. The van der Waals surface area contributed by atoms with Crippen molar-refractivity contribution in [1.29, 1.82) is 0 Å². The van der Waals surface area contributed by atoms with Crippen molar-refractivity contribution in [3.8, 4) is 11.5 Å². The number of ether oxygens (including phenoxy) is 2. The Kier molecular flexibility index (Phi) is 5.78. The average Bonchev–Trinajstić information content (AvgIpc) is 2.56. The third-order valence-electron chi connectivity index (χ3n) is 4.25. The van der Waals surface area contributed by atoms with Crippen molar-refractivity contribution in [3.05, 3.63) is 53.1 Å². The van der Waals surface area contributed by atoms with Crippen LogP contribution in [0.1, 0.15) is 24.8 Å². The molecule has 1 amide bonds. The predicted octanol–water partition coefficient (Wildman–Crippen LogP) is 4.72. The second kappa shape index (κ2) is 8.23. The van der Waals surface area contributed by atoms with Gasteiger partial charge in [0.2, 0.25) is 0 Å². The van der Waals surface area contributed by atoms with Gasteiger partial charge in [0.15, 0.2) is 12.4 Å². The Labute approximate surface area is 157 Å². The van der Waals surface area contributed by atoms with Gasteiger partial charge in [-0.25, -0.2) is 0 Å². The molecular weight excluding hydrogens is 354 g/mol. The Hall–Kier alpha value is -2.53. The molecule has 136 valence electrons. The molecule has 0 aliphatic heterocycles. The second-order valence-electron chi connectivity index (χ2n) is 6.34. The van der Waals surface area contributed by atoms with Crippen LogP contribution in [-0.4, -0.2) is 18.5 Å². The summed E-state index contributed by atoms with van der Waals surface area (Å²) in [6.45, 7) is 1.66. The van der Waals surface area contributed by atoms with Gasteiger partial charge in [0.05, 0.1) is 11.6 Å². The largest absolute Gasteiger partial charge is 0.455 e. The summed E-state index contributed by atoms with van der Waals surface area (Å²) in [5.41, 5.74) is 1.54. The number of aryl methyl sites for hydroxylation is 1. The molecule has 5 nitrogen and oxygen atoms in total. The molecule has 1 fully saturated rings. The monoisotopic (exact) mass is 373 g/mol. The number of rotatable bonds is 6. The maximum atomic E-state index is 12.1. The van der Waals surface area contributed by atoms with E-state index in [4.69, 9.17) is 21.1 Å². The van der Waals surface area contributed by atoms with E-state index in [1.807, 2.05) is 31.2 Å². The summed E-state index contributed by atoms with van der Waals surface area (Å²) in [6.07, 6.45) is 2.71. The SMILES string of the molecule is Cc1ccc(Oc2ccc(Cl)cc2NC(=O)COC(=O)C2CCC2)cc1. The first kappa shape index (κ1) is 18.3. The smallest absolute Gasteiger partial charge is 0.309 e. The number of halogens is 1. The molecule has 0 atom stereocenters. The highest BCUT2D eigenvalue weighted by Gasteiger charge is 2.27. The minimum Gasteiger partial charge on any atom is -0.455 e. The Morgan fingerprint density at radius 3 is 2.54 bits per heavy atom. The van der Waals surface area contributed by atoms with Crippen molar-refractivity contribution in [3.63, 3.8) is 0 Å². The number of esters is 1. The molecule has 0 aromatic heterocycles. The summed E-state index contributed by atoms with van der Waals surface area (Å²) >= 11 is 6.03. The van der Waals surface area contributed by atoms with E-state index in [0.29, 0.717) is 22.2 Å². The fourth-order valence-corrected chi connectivity index (χ4v) is 2.68. The Morgan fingerprint density at radius 1 is 1.15 bits per heavy atom. The maximum Gasteiger partial charge on any atom is 0.309 e. The molecule has 3 rings (SSSR count).